The lowest BCUT2D eigenvalue weighted by Gasteiger charge is -2.32. The Morgan fingerprint density at radius 1 is 1.32 bits per heavy atom. The smallest absolute Gasteiger partial charge is 0.398 e. The number of nitrogens with zero attached hydrogens (tertiary/aromatic N) is 1. The second kappa shape index (κ2) is 4.65. The summed E-state index contributed by atoms with van der Waals surface area (Å²) in [5.41, 5.74) is 7.65. The van der Waals surface area contributed by atoms with E-state index in [0.717, 1.165) is 5.56 Å². The van der Waals surface area contributed by atoms with Crippen molar-refractivity contribution in [2.75, 3.05) is 5.73 Å². The van der Waals surface area contributed by atoms with Crippen LogP contribution in [0.4, 0.5) is 5.69 Å². The molecular weight excluding hydrogens is 239 g/mol. The van der Waals surface area contributed by atoms with Gasteiger partial charge in [0.15, 0.2) is 0 Å². The third-order valence-corrected chi connectivity index (χ3v) is 3.95. The molecule has 1 aromatic rings. The molecule has 1 saturated heterocycles. The molecule has 0 unspecified atom stereocenters. The van der Waals surface area contributed by atoms with Crippen LogP contribution in [0.15, 0.2) is 24.9 Å². The van der Waals surface area contributed by atoms with Gasteiger partial charge in [-0.1, -0.05) is 6.08 Å². The summed E-state index contributed by atoms with van der Waals surface area (Å²) in [6, 6.07) is 1.89. The molecule has 2 N–H and O–H groups in total. The van der Waals surface area contributed by atoms with E-state index in [1.54, 1.807) is 6.20 Å². The van der Waals surface area contributed by atoms with Crippen molar-refractivity contribution >= 4 is 18.4 Å². The maximum absolute atomic E-state index is 6.16. The summed E-state index contributed by atoms with van der Waals surface area (Å²) in [6.07, 6.45) is 4.26. The molecule has 0 bridgehead atoms. The number of rotatable bonds is 3. The summed E-state index contributed by atoms with van der Waals surface area (Å²) in [4.78, 5) is 4.32. The van der Waals surface area contributed by atoms with Gasteiger partial charge < -0.3 is 15.0 Å². The fourth-order valence-corrected chi connectivity index (χ4v) is 2.01. The predicted octanol–water partition coefficient (Wildman–Crippen LogP) is 1.69. The van der Waals surface area contributed by atoms with Crippen molar-refractivity contribution in [1.82, 2.24) is 4.98 Å². The lowest BCUT2D eigenvalue weighted by Crippen LogP contribution is -2.41. The normalized spacial score (nSPS) is 20.5. The number of hydrogen-bond donors (Lipinski definition) is 1. The average molecular weight is 260 g/mol. The third-order valence-electron chi connectivity index (χ3n) is 3.95. The zero-order valence-corrected chi connectivity index (χ0v) is 12.1. The van der Waals surface area contributed by atoms with E-state index in [-0.39, 0.29) is 11.2 Å². The van der Waals surface area contributed by atoms with Gasteiger partial charge in [-0.2, -0.15) is 0 Å². The molecule has 1 aliphatic heterocycles. The van der Waals surface area contributed by atoms with Crippen molar-refractivity contribution < 1.29 is 9.31 Å². The predicted molar refractivity (Wildman–Crippen MR) is 78.3 cm³/mol. The molecule has 2 rings (SSSR count). The summed E-state index contributed by atoms with van der Waals surface area (Å²) in [5, 5.41) is 0. The maximum atomic E-state index is 6.16. The number of allylic oxidation sites excluding steroid dienone is 1. The van der Waals surface area contributed by atoms with Crippen molar-refractivity contribution in [3.63, 3.8) is 0 Å². The van der Waals surface area contributed by atoms with Crippen LogP contribution in [0.2, 0.25) is 0 Å². The van der Waals surface area contributed by atoms with Gasteiger partial charge in [0.25, 0.3) is 0 Å². The number of nitrogens with two attached hydrogens (primary N) is 1. The van der Waals surface area contributed by atoms with Crippen molar-refractivity contribution in [3.8, 4) is 0 Å². The summed E-state index contributed by atoms with van der Waals surface area (Å²) in [6.45, 7) is 11.8. The molecule has 1 aromatic heterocycles. The van der Waals surface area contributed by atoms with Crippen molar-refractivity contribution in [1.29, 1.82) is 0 Å². The standard InChI is InChI=1S/C14H21BN2O2/c1-6-7-10-8-9-17-12(11(10)16)15-18-13(2,3)14(4,5)19-15/h6,8-9H,1,7,16H2,2-5H3. The Bertz CT molecular complexity index is 484. The first-order chi connectivity index (χ1) is 8.78. The molecule has 0 aromatic carbocycles. The first-order valence-electron chi connectivity index (χ1n) is 6.48. The molecule has 102 valence electrons. The molecule has 4 nitrogen and oxygen atoms in total. The molecule has 0 aliphatic carbocycles. The largest absolute Gasteiger partial charge is 0.516 e. The minimum absolute atomic E-state index is 0.389. The third kappa shape index (κ3) is 2.40. The van der Waals surface area contributed by atoms with Crippen molar-refractivity contribution in [2.24, 2.45) is 0 Å². The fourth-order valence-electron chi connectivity index (χ4n) is 2.01. The highest BCUT2D eigenvalue weighted by Gasteiger charge is 2.52. The molecule has 1 fully saturated rings. The molecular formula is C14H21BN2O2. The average Bonchev–Trinajstić information content (AvgIpc) is 2.51. The highest BCUT2D eigenvalue weighted by molar-refractivity contribution is 6.62. The quantitative estimate of drug-likeness (QED) is 0.663. The Kier molecular flexibility index (Phi) is 3.45. The number of aromatic nitrogens is 1. The summed E-state index contributed by atoms with van der Waals surface area (Å²) < 4.78 is 11.9. The number of anilines is 1. The zero-order valence-electron chi connectivity index (χ0n) is 12.1. The first-order valence-corrected chi connectivity index (χ1v) is 6.48. The minimum Gasteiger partial charge on any atom is -0.398 e. The highest BCUT2D eigenvalue weighted by atomic mass is 16.7. The molecule has 19 heavy (non-hydrogen) atoms. The van der Waals surface area contributed by atoms with Gasteiger partial charge in [0.05, 0.1) is 22.5 Å². The van der Waals surface area contributed by atoms with Gasteiger partial charge >= 0.3 is 7.12 Å². The number of nitrogen functional groups attached to an aromatic ring is 1. The summed E-state index contributed by atoms with van der Waals surface area (Å²) in [5.74, 6) is 0. The van der Waals surface area contributed by atoms with Crippen LogP contribution in [-0.4, -0.2) is 23.3 Å². The monoisotopic (exact) mass is 260 g/mol. The van der Waals surface area contributed by atoms with E-state index in [1.807, 2.05) is 39.8 Å². The van der Waals surface area contributed by atoms with E-state index in [1.165, 1.54) is 0 Å². The minimum atomic E-state index is -0.519. The van der Waals surface area contributed by atoms with Gasteiger partial charge in [-0.15, -0.1) is 6.58 Å². The van der Waals surface area contributed by atoms with Crippen molar-refractivity contribution in [3.05, 3.63) is 30.5 Å². The van der Waals surface area contributed by atoms with Crippen LogP contribution in [0.25, 0.3) is 0 Å². The van der Waals surface area contributed by atoms with Crippen LogP contribution < -0.4 is 11.3 Å². The van der Waals surface area contributed by atoms with E-state index in [9.17, 15) is 0 Å². The summed E-state index contributed by atoms with van der Waals surface area (Å²) in [7, 11) is -0.519. The Hall–Kier alpha value is -1.33. The molecule has 0 atom stereocenters. The highest BCUT2D eigenvalue weighted by Crippen LogP contribution is 2.36. The van der Waals surface area contributed by atoms with Gasteiger partial charge in [-0.05, 0) is 45.7 Å². The van der Waals surface area contributed by atoms with Crippen LogP contribution in [-0.2, 0) is 15.7 Å². The molecule has 0 radical (unpaired) electrons. The van der Waals surface area contributed by atoms with Crippen molar-refractivity contribution in [2.45, 2.75) is 45.3 Å². The first kappa shape index (κ1) is 14.1. The van der Waals surface area contributed by atoms with Crippen LogP contribution in [0, 0.1) is 0 Å². The van der Waals surface area contributed by atoms with Gasteiger partial charge in [0.1, 0.15) is 0 Å². The second-order valence-corrected chi connectivity index (χ2v) is 5.85. The lowest BCUT2D eigenvalue weighted by molar-refractivity contribution is 0.00578. The Morgan fingerprint density at radius 2 is 1.89 bits per heavy atom. The molecule has 2 heterocycles. The van der Waals surface area contributed by atoms with Crippen LogP contribution in [0.1, 0.15) is 33.3 Å². The van der Waals surface area contributed by atoms with E-state index in [4.69, 9.17) is 15.0 Å². The van der Waals surface area contributed by atoms with Gasteiger partial charge in [-0.3, -0.25) is 4.98 Å². The molecule has 1 aliphatic rings. The van der Waals surface area contributed by atoms with Gasteiger partial charge in [-0.25, -0.2) is 0 Å². The molecule has 0 amide bonds. The lowest BCUT2D eigenvalue weighted by atomic mass is 9.81. The van der Waals surface area contributed by atoms with Crippen LogP contribution >= 0.6 is 0 Å². The van der Waals surface area contributed by atoms with Crippen LogP contribution in [0.3, 0.4) is 0 Å². The number of pyridine rings is 1. The maximum Gasteiger partial charge on any atom is 0.516 e. The van der Waals surface area contributed by atoms with E-state index in [0.29, 0.717) is 17.7 Å². The van der Waals surface area contributed by atoms with Crippen LogP contribution in [0.5, 0.6) is 0 Å². The molecule has 5 heteroatoms. The second-order valence-electron chi connectivity index (χ2n) is 5.85. The SMILES string of the molecule is C=CCc1ccnc(B2OC(C)(C)C(C)(C)O2)c1N. The van der Waals surface area contributed by atoms with E-state index < -0.39 is 7.12 Å². The Morgan fingerprint density at radius 3 is 2.42 bits per heavy atom. The molecule has 0 spiro atoms. The van der Waals surface area contributed by atoms with E-state index in [2.05, 4.69) is 11.6 Å². The topological polar surface area (TPSA) is 57.4 Å². The Balaban J connectivity index is 2.34. The Labute approximate surface area is 115 Å². The summed E-state index contributed by atoms with van der Waals surface area (Å²) >= 11 is 0. The van der Waals surface area contributed by atoms with E-state index >= 15 is 0 Å². The zero-order chi connectivity index (χ0) is 14.3. The van der Waals surface area contributed by atoms with Gasteiger partial charge in [0.2, 0.25) is 0 Å². The number of hydrogen-bond acceptors (Lipinski definition) is 4. The molecule has 0 saturated carbocycles. The fraction of sp³-hybridized carbons (Fsp3) is 0.500. The van der Waals surface area contributed by atoms with Gasteiger partial charge in [0, 0.05) is 6.20 Å².